The number of fused-ring (bicyclic) bond motifs is 1. The molecule has 0 aliphatic rings. The van der Waals surface area contributed by atoms with Crippen LogP contribution in [-0.4, -0.2) is 23.2 Å². The van der Waals surface area contributed by atoms with Crippen LogP contribution in [0.5, 0.6) is 5.75 Å². The Labute approximate surface area is 94.0 Å². The third-order valence-corrected chi connectivity index (χ3v) is 2.77. The van der Waals surface area contributed by atoms with E-state index in [1.807, 2.05) is 0 Å². The molecule has 0 unspecified atom stereocenters. The van der Waals surface area contributed by atoms with E-state index in [2.05, 4.69) is 20.9 Å². The minimum atomic E-state index is -1.00. The number of aromatic nitrogens is 1. The Balaban J connectivity index is 2.90. The number of carbonyl (C=O) groups is 1. The summed E-state index contributed by atoms with van der Waals surface area (Å²) in [4.78, 5) is 14.1. The SMILES string of the molecule is COc1c(Br)cc2[nH]ccc2c1C(=O)O. The Hall–Kier alpha value is -1.49. The normalized spacial score (nSPS) is 10.5. The summed E-state index contributed by atoms with van der Waals surface area (Å²) in [6.45, 7) is 0. The fourth-order valence-corrected chi connectivity index (χ4v) is 2.15. The van der Waals surface area contributed by atoms with Crippen molar-refractivity contribution in [2.75, 3.05) is 7.11 Å². The largest absolute Gasteiger partial charge is 0.495 e. The van der Waals surface area contributed by atoms with Crippen LogP contribution in [0.2, 0.25) is 0 Å². The van der Waals surface area contributed by atoms with Crippen molar-refractivity contribution < 1.29 is 14.6 Å². The highest BCUT2D eigenvalue weighted by Gasteiger charge is 2.18. The van der Waals surface area contributed by atoms with Gasteiger partial charge in [-0.15, -0.1) is 0 Å². The second kappa shape index (κ2) is 3.58. The number of benzene rings is 1. The van der Waals surface area contributed by atoms with E-state index in [-0.39, 0.29) is 5.56 Å². The molecule has 0 amide bonds. The average Bonchev–Trinajstić information content (AvgIpc) is 2.62. The van der Waals surface area contributed by atoms with Crippen LogP contribution in [0.15, 0.2) is 22.8 Å². The van der Waals surface area contributed by atoms with Crippen molar-refractivity contribution in [3.63, 3.8) is 0 Å². The molecule has 2 aromatic rings. The number of methoxy groups -OCH3 is 1. The zero-order valence-corrected chi connectivity index (χ0v) is 9.46. The molecule has 1 heterocycles. The summed E-state index contributed by atoms with van der Waals surface area (Å²) in [7, 11) is 1.45. The van der Waals surface area contributed by atoms with Gasteiger partial charge in [-0.2, -0.15) is 0 Å². The Kier molecular flexibility index (Phi) is 2.40. The van der Waals surface area contributed by atoms with Crippen molar-refractivity contribution in [2.24, 2.45) is 0 Å². The molecule has 2 rings (SSSR count). The second-order valence-corrected chi connectivity index (χ2v) is 3.87. The van der Waals surface area contributed by atoms with Crippen molar-refractivity contribution in [2.45, 2.75) is 0 Å². The zero-order chi connectivity index (χ0) is 11.0. The van der Waals surface area contributed by atoms with Crippen molar-refractivity contribution in [3.05, 3.63) is 28.4 Å². The Bertz CT molecular complexity index is 533. The number of carboxylic acid groups (broad SMARTS) is 1. The molecule has 5 heteroatoms. The van der Waals surface area contributed by atoms with Gasteiger partial charge in [0, 0.05) is 17.1 Å². The predicted octanol–water partition coefficient (Wildman–Crippen LogP) is 2.64. The van der Waals surface area contributed by atoms with Gasteiger partial charge in [0.2, 0.25) is 0 Å². The van der Waals surface area contributed by atoms with Gasteiger partial charge in [0.1, 0.15) is 11.3 Å². The first-order chi connectivity index (χ1) is 7.15. The van der Waals surface area contributed by atoms with Gasteiger partial charge < -0.3 is 14.8 Å². The maximum absolute atomic E-state index is 11.1. The summed E-state index contributed by atoms with van der Waals surface area (Å²) < 4.78 is 5.70. The van der Waals surface area contributed by atoms with Gasteiger partial charge in [-0.3, -0.25) is 0 Å². The number of halogens is 1. The summed E-state index contributed by atoms with van der Waals surface area (Å²) in [6.07, 6.45) is 1.70. The maximum atomic E-state index is 11.1. The van der Waals surface area contributed by atoms with Crippen molar-refractivity contribution >= 4 is 32.8 Å². The molecule has 0 fully saturated rings. The molecule has 0 atom stereocenters. The highest BCUT2D eigenvalue weighted by molar-refractivity contribution is 9.10. The maximum Gasteiger partial charge on any atom is 0.340 e. The van der Waals surface area contributed by atoms with Crippen molar-refractivity contribution in [1.82, 2.24) is 4.98 Å². The van der Waals surface area contributed by atoms with Gasteiger partial charge >= 0.3 is 5.97 Å². The topological polar surface area (TPSA) is 62.3 Å². The number of rotatable bonds is 2. The lowest BCUT2D eigenvalue weighted by molar-refractivity contribution is 0.0695. The number of H-pyrrole nitrogens is 1. The molecule has 0 spiro atoms. The van der Waals surface area contributed by atoms with E-state index in [9.17, 15) is 4.79 Å². The Morgan fingerprint density at radius 1 is 1.60 bits per heavy atom. The summed E-state index contributed by atoms with van der Waals surface area (Å²) in [5, 5.41) is 9.76. The van der Waals surface area contributed by atoms with E-state index in [1.54, 1.807) is 18.3 Å². The van der Waals surface area contributed by atoms with E-state index >= 15 is 0 Å². The molecule has 1 aromatic carbocycles. The molecular weight excluding hydrogens is 262 g/mol. The molecule has 0 bridgehead atoms. The van der Waals surface area contributed by atoms with E-state index in [4.69, 9.17) is 9.84 Å². The van der Waals surface area contributed by atoms with Gasteiger partial charge in [-0.1, -0.05) is 0 Å². The molecule has 0 saturated carbocycles. The van der Waals surface area contributed by atoms with Crippen LogP contribution < -0.4 is 4.74 Å². The second-order valence-electron chi connectivity index (χ2n) is 3.01. The van der Waals surface area contributed by atoms with Crippen LogP contribution in [0, 0.1) is 0 Å². The number of aromatic carboxylic acids is 1. The number of nitrogens with one attached hydrogen (secondary N) is 1. The molecule has 2 N–H and O–H groups in total. The first kappa shape index (κ1) is 10.0. The first-order valence-corrected chi connectivity index (χ1v) is 5.01. The van der Waals surface area contributed by atoms with Crippen LogP contribution in [0.3, 0.4) is 0 Å². The summed E-state index contributed by atoms with van der Waals surface area (Å²) in [5.74, 6) is -0.660. The van der Waals surface area contributed by atoms with Crippen molar-refractivity contribution in [3.8, 4) is 5.75 Å². The third-order valence-electron chi connectivity index (χ3n) is 2.18. The third kappa shape index (κ3) is 1.48. The average molecular weight is 270 g/mol. The molecule has 0 radical (unpaired) electrons. The van der Waals surface area contributed by atoms with Gasteiger partial charge in [-0.05, 0) is 28.1 Å². The Morgan fingerprint density at radius 3 is 2.93 bits per heavy atom. The Morgan fingerprint density at radius 2 is 2.33 bits per heavy atom. The van der Waals surface area contributed by atoms with E-state index in [1.165, 1.54) is 7.11 Å². The number of aromatic amines is 1. The monoisotopic (exact) mass is 269 g/mol. The molecule has 4 nitrogen and oxygen atoms in total. The minimum Gasteiger partial charge on any atom is -0.495 e. The lowest BCUT2D eigenvalue weighted by atomic mass is 10.1. The number of ether oxygens (including phenoxy) is 1. The van der Waals surface area contributed by atoms with Crippen LogP contribution >= 0.6 is 15.9 Å². The van der Waals surface area contributed by atoms with E-state index < -0.39 is 5.97 Å². The highest BCUT2D eigenvalue weighted by Crippen LogP contribution is 2.35. The van der Waals surface area contributed by atoms with Gasteiger partial charge in [-0.25, -0.2) is 4.79 Å². The van der Waals surface area contributed by atoms with Crippen LogP contribution in [-0.2, 0) is 0 Å². The molecule has 0 aliphatic carbocycles. The standard InChI is InChI=1S/C10H8BrNO3/c1-15-9-6(11)4-7-5(2-3-12-7)8(9)10(13)14/h2-4,12H,1H3,(H,13,14). The minimum absolute atomic E-state index is 0.170. The molecule has 15 heavy (non-hydrogen) atoms. The molecular formula is C10H8BrNO3. The summed E-state index contributed by atoms with van der Waals surface area (Å²) in [6, 6.07) is 3.51. The smallest absolute Gasteiger partial charge is 0.340 e. The van der Waals surface area contributed by atoms with E-state index in [0.717, 1.165) is 5.52 Å². The van der Waals surface area contributed by atoms with Crippen LogP contribution in [0.25, 0.3) is 10.9 Å². The highest BCUT2D eigenvalue weighted by atomic mass is 79.9. The van der Waals surface area contributed by atoms with Crippen LogP contribution in [0.1, 0.15) is 10.4 Å². The van der Waals surface area contributed by atoms with Crippen LogP contribution in [0.4, 0.5) is 0 Å². The molecule has 0 aliphatic heterocycles. The van der Waals surface area contributed by atoms with Crippen molar-refractivity contribution in [1.29, 1.82) is 0 Å². The first-order valence-electron chi connectivity index (χ1n) is 4.22. The van der Waals surface area contributed by atoms with Gasteiger partial charge in [0.25, 0.3) is 0 Å². The lowest BCUT2D eigenvalue weighted by Gasteiger charge is -2.08. The number of hydrogen-bond acceptors (Lipinski definition) is 2. The fraction of sp³-hybridized carbons (Fsp3) is 0.100. The summed E-state index contributed by atoms with van der Waals surface area (Å²) >= 11 is 3.27. The predicted molar refractivity (Wildman–Crippen MR) is 59.5 cm³/mol. The number of carboxylic acids is 1. The zero-order valence-electron chi connectivity index (χ0n) is 7.87. The lowest BCUT2D eigenvalue weighted by Crippen LogP contribution is -2.01. The molecule has 0 saturated heterocycles. The fourth-order valence-electron chi connectivity index (χ4n) is 1.57. The summed E-state index contributed by atoms with van der Waals surface area (Å²) in [5.41, 5.74) is 0.934. The quantitative estimate of drug-likeness (QED) is 0.881. The molecule has 1 aromatic heterocycles. The van der Waals surface area contributed by atoms with Gasteiger partial charge in [0.15, 0.2) is 0 Å². The number of hydrogen-bond donors (Lipinski definition) is 2. The molecule has 78 valence electrons. The van der Waals surface area contributed by atoms with E-state index in [0.29, 0.717) is 15.6 Å². The van der Waals surface area contributed by atoms with Gasteiger partial charge in [0.05, 0.1) is 11.6 Å².